The summed E-state index contributed by atoms with van der Waals surface area (Å²) in [7, 11) is 1.71. The highest BCUT2D eigenvalue weighted by Crippen LogP contribution is 2.27. The second-order valence-electron chi connectivity index (χ2n) is 5.07. The minimum Gasteiger partial charge on any atom is -0.383 e. The van der Waals surface area contributed by atoms with Crippen LogP contribution in [0.2, 0.25) is 5.15 Å². The molecule has 0 spiro atoms. The Balaban J connectivity index is 3.22. The quantitative estimate of drug-likeness (QED) is 0.751. The lowest BCUT2D eigenvalue weighted by Gasteiger charge is -2.30. The van der Waals surface area contributed by atoms with Crippen LogP contribution in [0.4, 0.5) is 5.82 Å². The highest BCUT2D eigenvalue weighted by molar-refractivity contribution is 6.30. The Labute approximate surface area is 121 Å². The molecule has 1 unspecified atom stereocenters. The van der Waals surface area contributed by atoms with E-state index in [4.69, 9.17) is 16.3 Å². The summed E-state index contributed by atoms with van der Waals surface area (Å²) >= 11 is 6.24. The van der Waals surface area contributed by atoms with Crippen molar-refractivity contribution in [2.75, 3.05) is 25.2 Å². The van der Waals surface area contributed by atoms with Gasteiger partial charge >= 0.3 is 0 Å². The second-order valence-corrected chi connectivity index (χ2v) is 5.42. The number of halogens is 1. The molecule has 0 bridgehead atoms. The summed E-state index contributed by atoms with van der Waals surface area (Å²) in [5, 5.41) is 0.539. The van der Waals surface area contributed by atoms with Crippen LogP contribution < -0.4 is 4.90 Å². The number of rotatable bonds is 6. The third-order valence-electron chi connectivity index (χ3n) is 3.15. The van der Waals surface area contributed by atoms with Crippen LogP contribution in [0.5, 0.6) is 0 Å². The van der Waals surface area contributed by atoms with Crippen LogP contribution in [0, 0.1) is 6.92 Å². The van der Waals surface area contributed by atoms with Gasteiger partial charge in [-0.2, -0.15) is 0 Å². The number of ether oxygens (including phenoxy) is 1. The lowest BCUT2D eigenvalue weighted by atomic mass is 10.2. The zero-order chi connectivity index (χ0) is 14.6. The second kappa shape index (κ2) is 7.06. The van der Waals surface area contributed by atoms with Crippen LogP contribution in [0.1, 0.15) is 45.0 Å². The fourth-order valence-electron chi connectivity index (χ4n) is 2.03. The van der Waals surface area contributed by atoms with Crippen LogP contribution in [0.15, 0.2) is 0 Å². The fourth-order valence-corrected chi connectivity index (χ4v) is 2.20. The number of anilines is 1. The van der Waals surface area contributed by atoms with Crippen molar-refractivity contribution in [1.29, 1.82) is 0 Å². The van der Waals surface area contributed by atoms with Gasteiger partial charge in [0.15, 0.2) is 0 Å². The molecular weight excluding hydrogens is 262 g/mol. The molecule has 0 aromatic carbocycles. The molecule has 0 aliphatic heterocycles. The molecule has 0 saturated carbocycles. The highest BCUT2D eigenvalue weighted by Gasteiger charge is 2.20. The molecule has 1 aromatic heterocycles. The zero-order valence-electron chi connectivity index (χ0n) is 12.7. The number of hydrogen-bond donors (Lipinski definition) is 0. The Bertz CT molecular complexity index is 423. The summed E-state index contributed by atoms with van der Waals surface area (Å²) in [5.74, 6) is 1.96. The Morgan fingerprint density at radius 1 is 1.26 bits per heavy atom. The van der Waals surface area contributed by atoms with Gasteiger partial charge in [0, 0.05) is 25.1 Å². The molecule has 108 valence electrons. The van der Waals surface area contributed by atoms with E-state index in [2.05, 4.69) is 42.6 Å². The first-order chi connectivity index (χ1) is 8.92. The molecule has 0 fully saturated rings. The van der Waals surface area contributed by atoms with Crippen molar-refractivity contribution in [2.24, 2.45) is 0 Å². The monoisotopic (exact) mass is 285 g/mol. The van der Waals surface area contributed by atoms with Gasteiger partial charge in [-0.05, 0) is 20.8 Å². The first-order valence-corrected chi connectivity index (χ1v) is 7.09. The third-order valence-corrected chi connectivity index (χ3v) is 3.52. The Hall–Kier alpha value is -0.870. The first kappa shape index (κ1) is 16.2. The maximum Gasteiger partial charge on any atom is 0.137 e. The third kappa shape index (κ3) is 3.80. The van der Waals surface area contributed by atoms with Crippen molar-refractivity contribution in [2.45, 2.75) is 46.6 Å². The smallest absolute Gasteiger partial charge is 0.137 e. The largest absolute Gasteiger partial charge is 0.383 e. The SMILES string of the molecule is CCN(c1nc(C(C)C)nc(Cl)c1C)C(C)COC. The van der Waals surface area contributed by atoms with E-state index in [-0.39, 0.29) is 12.0 Å². The van der Waals surface area contributed by atoms with Gasteiger partial charge in [-0.15, -0.1) is 0 Å². The average Bonchev–Trinajstić information content (AvgIpc) is 2.35. The van der Waals surface area contributed by atoms with Crippen molar-refractivity contribution in [1.82, 2.24) is 9.97 Å². The molecular formula is C14H24ClN3O. The maximum atomic E-state index is 6.24. The molecule has 19 heavy (non-hydrogen) atoms. The number of likely N-dealkylation sites (N-methyl/N-ethyl adjacent to an activating group) is 1. The standard InChI is InChI=1S/C14H24ClN3O/c1-7-18(10(4)8-19-6)14-11(5)12(15)16-13(17-14)9(2)3/h9-10H,7-8H2,1-6H3. The number of nitrogens with zero attached hydrogens (tertiary/aromatic N) is 3. The maximum absolute atomic E-state index is 6.24. The van der Waals surface area contributed by atoms with Crippen LogP contribution in [0.25, 0.3) is 0 Å². The summed E-state index contributed by atoms with van der Waals surface area (Å²) in [4.78, 5) is 11.2. The van der Waals surface area contributed by atoms with Crippen LogP contribution in [-0.4, -0.2) is 36.3 Å². The Kier molecular flexibility index (Phi) is 6.01. The van der Waals surface area contributed by atoms with Crippen molar-refractivity contribution in [3.63, 3.8) is 0 Å². The zero-order valence-corrected chi connectivity index (χ0v) is 13.5. The molecule has 1 heterocycles. The van der Waals surface area contributed by atoms with Gasteiger partial charge in [0.1, 0.15) is 16.8 Å². The van der Waals surface area contributed by atoms with Crippen molar-refractivity contribution >= 4 is 17.4 Å². The van der Waals surface area contributed by atoms with E-state index in [1.165, 1.54) is 0 Å². The van der Waals surface area contributed by atoms with Crippen molar-refractivity contribution in [3.05, 3.63) is 16.5 Å². The van der Waals surface area contributed by atoms with E-state index in [1.807, 2.05) is 6.92 Å². The molecule has 0 N–H and O–H groups in total. The van der Waals surface area contributed by atoms with Crippen LogP contribution in [0.3, 0.4) is 0 Å². The minimum atomic E-state index is 0.250. The molecule has 0 radical (unpaired) electrons. The molecule has 5 heteroatoms. The Morgan fingerprint density at radius 2 is 1.89 bits per heavy atom. The molecule has 0 amide bonds. The van der Waals surface area contributed by atoms with Gasteiger partial charge in [0.25, 0.3) is 0 Å². The molecule has 0 aliphatic rings. The predicted octanol–water partition coefficient (Wildman–Crippen LogP) is 3.42. The van der Waals surface area contributed by atoms with E-state index in [0.29, 0.717) is 11.8 Å². The van der Waals surface area contributed by atoms with Crippen molar-refractivity contribution < 1.29 is 4.74 Å². The first-order valence-electron chi connectivity index (χ1n) is 6.71. The van der Waals surface area contributed by atoms with Gasteiger partial charge in [0.05, 0.1) is 12.6 Å². The summed E-state index contributed by atoms with van der Waals surface area (Å²) in [6.07, 6.45) is 0. The summed E-state index contributed by atoms with van der Waals surface area (Å²) in [6.45, 7) is 11.8. The van der Waals surface area contributed by atoms with E-state index >= 15 is 0 Å². The predicted molar refractivity (Wildman–Crippen MR) is 80.2 cm³/mol. The number of hydrogen-bond acceptors (Lipinski definition) is 4. The van der Waals surface area contributed by atoms with Gasteiger partial charge in [-0.25, -0.2) is 9.97 Å². The van der Waals surface area contributed by atoms with Gasteiger partial charge in [-0.1, -0.05) is 25.4 Å². The fraction of sp³-hybridized carbons (Fsp3) is 0.714. The number of aromatic nitrogens is 2. The van der Waals surface area contributed by atoms with Crippen molar-refractivity contribution in [3.8, 4) is 0 Å². The lowest BCUT2D eigenvalue weighted by molar-refractivity contribution is 0.181. The molecule has 0 aliphatic carbocycles. The van der Waals surface area contributed by atoms with E-state index in [1.54, 1.807) is 7.11 Å². The van der Waals surface area contributed by atoms with E-state index < -0.39 is 0 Å². The molecule has 1 aromatic rings. The minimum absolute atomic E-state index is 0.250. The van der Waals surface area contributed by atoms with Gasteiger partial charge in [-0.3, -0.25) is 0 Å². The topological polar surface area (TPSA) is 38.2 Å². The normalized spacial score (nSPS) is 12.8. The summed E-state index contributed by atoms with van der Waals surface area (Å²) < 4.78 is 5.24. The van der Waals surface area contributed by atoms with Crippen LogP contribution in [-0.2, 0) is 4.74 Å². The molecule has 1 atom stereocenters. The summed E-state index contributed by atoms with van der Waals surface area (Å²) in [6, 6.07) is 0.250. The van der Waals surface area contributed by atoms with E-state index in [0.717, 1.165) is 23.8 Å². The molecule has 4 nitrogen and oxygen atoms in total. The number of methoxy groups -OCH3 is 1. The van der Waals surface area contributed by atoms with Gasteiger partial charge in [0.2, 0.25) is 0 Å². The highest BCUT2D eigenvalue weighted by atomic mass is 35.5. The van der Waals surface area contributed by atoms with E-state index in [9.17, 15) is 0 Å². The van der Waals surface area contributed by atoms with Crippen LogP contribution >= 0.6 is 11.6 Å². The molecule has 0 saturated heterocycles. The average molecular weight is 286 g/mol. The Morgan fingerprint density at radius 3 is 2.37 bits per heavy atom. The summed E-state index contributed by atoms with van der Waals surface area (Å²) in [5.41, 5.74) is 0.927. The van der Waals surface area contributed by atoms with Gasteiger partial charge < -0.3 is 9.64 Å². The molecule has 1 rings (SSSR count). The lowest BCUT2D eigenvalue weighted by Crippen LogP contribution is -2.37.